The number of halogens is 2. The van der Waals surface area contributed by atoms with E-state index >= 15 is 0 Å². The van der Waals surface area contributed by atoms with Crippen molar-refractivity contribution in [3.05, 3.63) is 35.6 Å². The number of benzene rings is 1. The van der Waals surface area contributed by atoms with Gasteiger partial charge in [0.05, 0.1) is 6.42 Å². The van der Waals surface area contributed by atoms with Gasteiger partial charge in [-0.2, -0.15) is 11.8 Å². The highest BCUT2D eigenvalue weighted by molar-refractivity contribution is 7.99. The molecule has 2 fully saturated rings. The number of rotatable bonds is 4. The molecular formula is C19H27ClFN3O2S. The number of carbonyl (C=O) groups excluding carboxylic acids is 2. The average molecular weight is 416 g/mol. The van der Waals surface area contributed by atoms with Crippen molar-refractivity contribution in [1.82, 2.24) is 15.1 Å². The third-order valence-electron chi connectivity index (χ3n) is 4.87. The third kappa shape index (κ3) is 6.66. The first kappa shape index (κ1) is 22.0. The van der Waals surface area contributed by atoms with Crippen LogP contribution in [-0.4, -0.2) is 71.9 Å². The normalized spacial score (nSPS) is 20.6. The minimum atomic E-state index is -0.322. The Morgan fingerprint density at radius 1 is 1.15 bits per heavy atom. The summed E-state index contributed by atoms with van der Waals surface area (Å²) in [7, 11) is 0. The van der Waals surface area contributed by atoms with Crippen LogP contribution in [0, 0.1) is 5.82 Å². The molecule has 150 valence electrons. The van der Waals surface area contributed by atoms with Crippen LogP contribution in [0.2, 0.25) is 0 Å². The Kier molecular flexibility index (Phi) is 8.86. The highest BCUT2D eigenvalue weighted by atomic mass is 35.5. The number of hydrogen-bond donors (Lipinski definition) is 1. The molecule has 2 amide bonds. The topological polar surface area (TPSA) is 52.7 Å². The van der Waals surface area contributed by atoms with Crippen molar-refractivity contribution in [1.29, 1.82) is 0 Å². The SMILES string of the molecule is Cl.O=C(Cc1cccc(F)c1)N1CCCN(C(=O)CC2CSCCN2)CC1. The van der Waals surface area contributed by atoms with Gasteiger partial charge in [0.1, 0.15) is 5.82 Å². The van der Waals surface area contributed by atoms with E-state index in [9.17, 15) is 14.0 Å². The van der Waals surface area contributed by atoms with Crippen molar-refractivity contribution in [3.8, 4) is 0 Å². The Balaban J connectivity index is 0.00000261. The molecule has 0 aliphatic carbocycles. The Labute approximate surface area is 170 Å². The largest absolute Gasteiger partial charge is 0.341 e. The molecule has 0 spiro atoms. The Hall–Kier alpha value is -1.31. The van der Waals surface area contributed by atoms with Gasteiger partial charge >= 0.3 is 0 Å². The predicted octanol–water partition coefficient (Wildman–Crippen LogP) is 1.95. The zero-order valence-electron chi connectivity index (χ0n) is 15.4. The molecule has 0 aromatic heterocycles. The van der Waals surface area contributed by atoms with Gasteiger partial charge in [0, 0.05) is 56.7 Å². The number of thioether (sulfide) groups is 1. The smallest absolute Gasteiger partial charge is 0.227 e. The van der Waals surface area contributed by atoms with Gasteiger partial charge in [-0.05, 0) is 24.1 Å². The molecule has 5 nitrogen and oxygen atoms in total. The Bertz CT molecular complexity index is 643. The molecule has 1 aromatic carbocycles. The maximum absolute atomic E-state index is 13.3. The third-order valence-corrected chi connectivity index (χ3v) is 6.00. The van der Waals surface area contributed by atoms with Crippen LogP contribution < -0.4 is 5.32 Å². The highest BCUT2D eigenvalue weighted by Gasteiger charge is 2.24. The molecule has 1 unspecified atom stereocenters. The summed E-state index contributed by atoms with van der Waals surface area (Å²) in [5, 5.41) is 3.40. The van der Waals surface area contributed by atoms with E-state index < -0.39 is 0 Å². The van der Waals surface area contributed by atoms with Gasteiger partial charge < -0.3 is 15.1 Å². The van der Waals surface area contributed by atoms with Gasteiger partial charge in [0.25, 0.3) is 0 Å². The van der Waals surface area contributed by atoms with Crippen LogP contribution in [0.4, 0.5) is 4.39 Å². The number of hydrogen-bond acceptors (Lipinski definition) is 4. The van der Waals surface area contributed by atoms with Gasteiger partial charge in [-0.3, -0.25) is 9.59 Å². The zero-order valence-corrected chi connectivity index (χ0v) is 17.0. The minimum absolute atomic E-state index is 0. The van der Waals surface area contributed by atoms with Crippen LogP contribution in [0.25, 0.3) is 0 Å². The van der Waals surface area contributed by atoms with Crippen LogP contribution in [0.5, 0.6) is 0 Å². The van der Waals surface area contributed by atoms with Crippen molar-refractivity contribution in [2.45, 2.75) is 25.3 Å². The Morgan fingerprint density at radius 2 is 1.89 bits per heavy atom. The molecular weight excluding hydrogens is 389 g/mol. The summed E-state index contributed by atoms with van der Waals surface area (Å²) in [6.07, 6.45) is 1.52. The van der Waals surface area contributed by atoms with E-state index in [-0.39, 0.29) is 42.5 Å². The number of amides is 2. The summed E-state index contributed by atoms with van der Waals surface area (Å²) in [6.45, 7) is 3.43. The number of carbonyl (C=O) groups is 2. The molecule has 1 aromatic rings. The van der Waals surface area contributed by atoms with E-state index in [1.54, 1.807) is 17.0 Å². The second-order valence-electron chi connectivity index (χ2n) is 6.85. The van der Waals surface area contributed by atoms with Crippen LogP contribution in [-0.2, 0) is 16.0 Å². The number of nitrogens with zero attached hydrogens (tertiary/aromatic N) is 2. The van der Waals surface area contributed by atoms with Gasteiger partial charge in [-0.1, -0.05) is 12.1 Å². The van der Waals surface area contributed by atoms with E-state index in [2.05, 4.69) is 5.32 Å². The molecule has 2 heterocycles. The van der Waals surface area contributed by atoms with Crippen LogP contribution in [0.3, 0.4) is 0 Å². The van der Waals surface area contributed by atoms with E-state index in [1.165, 1.54) is 12.1 Å². The molecule has 3 rings (SSSR count). The highest BCUT2D eigenvalue weighted by Crippen LogP contribution is 2.14. The molecule has 8 heteroatoms. The molecule has 0 bridgehead atoms. The zero-order chi connectivity index (χ0) is 18.4. The quantitative estimate of drug-likeness (QED) is 0.816. The minimum Gasteiger partial charge on any atom is -0.341 e. The fraction of sp³-hybridized carbons (Fsp3) is 0.579. The maximum atomic E-state index is 13.3. The number of nitrogens with one attached hydrogen (secondary N) is 1. The second-order valence-corrected chi connectivity index (χ2v) is 8.00. The van der Waals surface area contributed by atoms with E-state index in [0.29, 0.717) is 38.2 Å². The fourth-order valence-electron chi connectivity index (χ4n) is 3.44. The monoisotopic (exact) mass is 415 g/mol. The lowest BCUT2D eigenvalue weighted by molar-refractivity contribution is -0.133. The summed E-state index contributed by atoms with van der Waals surface area (Å²) in [5.74, 6) is 1.94. The standard InChI is InChI=1S/C19H26FN3O2S.ClH/c20-16-4-1-3-15(11-16)12-18(24)22-6-2-7-23(9-8-22)19(25)13-17-14-26-10-5-21-17;/h1,3-4,11,17,21H,2,5-10,12-14H2;1H. The molecule has 0 saturated carbocycles. The van der Waals surface area contributed by atoms with Crippen molar-refractivity contribution < 1.29 is 14.0 Å². The average Bonchev–Trinajstić information content (AvgIpc) is 2.89. The van der Waals surface area contributed by atoms with Crippen LogP contribution >= 0.6 is 24.2 Å². The lowest BCUT2D eigenvalue weighted by atomic mass is 10.1. The molecule has 1 atom stereocenters. The summed E-state index contributed by atoms with van der Waals surface area (Å²) in [5.41, 5.74) is 0.688. The van der Waals surface area contributed by atoms with Crippen LogP contribution in [0.1, 0.15) is 18.4 Å². The molecule has 1 N–H and O–H groups in total. The summed E-state index contributed by atoms with van der Waals surface area (Å²) in [6, 6.07) is 6.43. The Morgan fingerprint density at radius 3 is 2.56 bits per heavy atom. The molecule has 27 heavy (non-hydrogen) atoms. The van der Waals surface area contributed by atoms with Gasteiger partial charge in [0.15, 0.2) is 0 Å². The molecule has 2 saturated heterocycles. The second kappa shape index (κ2) is 10.9. The summed E-state index contributed by atoms with van der Waals surface area (Å²) in [4.78, 5) is 28.8. The van der Waals surface area contributed by atoms with Crippen molar-refractivity contribution in [2.75, 3.05) is 44.2 Å². The first-order valence-corrected chi connectivity index (χ1v) is 10.4. The lowest BCUT2D eigenvalue weighted by Gasteiger charge is -2.27. The van der Waals surface area contributed by atoms with Crippen LogP contribution in [0.15, 0.2) is 24.3 Å². The van der Waals surface area contributed by atoms with Gasteiger partial charge in [-0.25, -0.2) is 4.39 Å². The van der Waals surface area contributed by atoms with E-state index in [1.807, 2.05) is 16.7 Å². The summed E-state index contributed by atoms with van der Waals surface area (Å²) < 4.78 is 13.3. The molecule has 2 aliphatic heterocycles. The fourth-order valence-corrected chi connectivity index (χ4v) is 4.39. The lowest BCUT2D eigenvalue weighted by Crippen LogP contribution is -2.43. The van der Waals surface area contributed by atoms with Gasteiger partial charge in [-0.15, -0.1) is 12.4 Å². The molecule has 0 radical (unpaired) electrons. The van der Waals surface area contributed by atoms with Gasteiger partial charge in [0.2, 0.25) is 11.8 Å². The molecule has 2 aliphatic rings. The predicted molar refractivity (Wildman–Crippen MR) is 109 cm³/mol. The van der Waals surface area contributed by atoms with Crippen molar-refractivity contribution in [2.24, 2.45) is 0 Å². The first-order valence-electron chi connectivity index (χ1n) is 9.23. The van der Waals surface area contributed by atoms with Crippen molar-refractivity contribution >= 4 is 36.0 Å². The maximum Gasteiger partial charge on any atom is 0.227 e. The van der Waals surface area contributed by atoms with E-state index in [4.69, 9.17) is 0 Å². The first-order chi connectivity index (χ1) is 12.6. The van der Waals surface area contributed by atoms with E-state index in [0.717, 1.165) is 24.5 Å². The summed E-state index contributed by atoms with van der Waals surface area (Å²) >= 11 is 1.89. The van der Waals surface area contributed by atoms with Crippen molar-refractivity contribution in [3.63, 3.8) is 0 Å².